The van der Waals surface area contributed by atoms with Crippen LogP contribution in [0.4, 0.5) is 0 Å². The Bertz CT molecular complexity index is 69.1. The fourth-order valence-corrected chi connectivity index (χ4v) is 0. The highest BCUT2D eigenvalue weighted by molar-refractivity contribution is 7.59. The van der Waals surface area contributed by atoms with Crippen molar-refractivity contribution in [3.8, 4) is 0 Å². The molecule has 0 aliphatic heterocycles. The molecule has 0 bridgehead atoms. The van der Waals surface area contributed by atoms with Crippen LogP contribution in [-0.4, -0.2) is 20.6 Å². The lowest BCUT2D eigenvalue weighted by molar-refractivity contribution is -0.742. The SMILES string of the molecule is O=[N+]([O-])O.O=[N+]([O-])O.S. The summed E-state index contributed by atoms with van der Waals surface area (Å²) in [6.45, 7) is 0. The van der Waals surface area contributed by atoms with E-state index in [1.807, 2.05) is 0 Å². The maximum absolute atomic E-state index is 8.36. The van der Waals surface area contributed by atoms with E-state index in [4.69, 9.17) is 30.6 Å². The normalized spacial score (nSPS) is 5.33. The molecule has 0 atom stereocenters. The Kier molecular flexibility index (Phi) is 17.2. The summed E-state index contributed by atoms with van der Waals surface area (Å²) in [6.07, 6.45) is 0. The van der Waals surface area contributed by atoms with Crippen LogP contribution in [0.2, 0.25) is 0 Å². The second kappa shape index (κ2) is 9.89. The molecule has 9 heteroatoms. The van der Waals surface area contributed by atoms with E-state index in [0.29, 0.717) is 0 Å². The first-order chi connectivity index (χ1) is 3.46. The van der Waals surface area contributed by atoms with Gasteiger partial charge in [0.1, 0.15) is 0 Å². The lowest BCUT2D eigenvalue weighted by Gasteiger charge is -1.56. The second-order valence-corrected chi connectivity index (χ2v) is 0.476. The first-order valence-corrected chi connectivity index (χ1v) is 1.13. The van der Waals surface area contributed by atoms with Gasteiger partial charge >= 0.3 is 0 Å². The molecule has 0 aromatic carbocycles. The Balaban J connectivity index is -0.0000000720. The van der Waals surface area contributed by atoms with E-state index in [9.17, 15) is 0 Å². The third kappa shape index (κ3) is 97.5. The molecular formula is H4N2O6S. The van der Waals surface area contributed by atoms with E-state index in [2.05, 4.69) is 0 Å². The number of hydrogen-bond donors (Lipinski definition) is 2. The van der Waals surface area contributed by atoms with E-state index in [1.54, 1.807) is 0 Å². The van der Waals surface area contributed by atoms with Gasteiger partial charge in [0.05, 0.1) is 0 Å². The topological polar surface area (TPSA) is 127 Å². The number of nitrogens with zero attached hydrogens (tertiary/aromatic N) is 2. The van der Waals surface area contributed by atoms with Crippen LogP contribution in [0.5, 0.6) is 0 Å². The van der Waals surface area contributed by atoms with E-state index in [-0.39, 0.29) is 13.5 Å². The monoisotopic (exact) mass is 160 g/mol. The molecular weight excluding hydrogens is 156 g/mol. The minimum absolute atomic E-state index is 0. The molecule has 0 fully saturated rings. The zero-order valence-electron chi connectivity index (χ0n) is 3.92. The molecule has 0 aromatic rings. The second-order valence-electron chi connectivity index (χ2n) is 0.476. The van der Waals surface area contributed by atoms with Crippen LogP contribution in [-0.2, 0) is 0 Å². The van der Waals surface area contributed by atoms with E-state index in [0.717, 1.165) is 0 Å². The van der Waals surface area contributed by atoms with Gasteiger partial charge in [-0.2, -0.15) is 13.5 Å². The summed E-state index contributed by atoms with van der Waals surface area (Å²) in [5.74, 6) is 0. The van der Waals surface area contributed by atoms with Gasteiger partial charge in [-0.25, -0.2) is 0 Å². The van der Waals surface area contributed by atoms with Crippen molar-refractivity contribution in [2.24, 2.45) is 0 Å². The maximum Gasteiger partial charge on any atom is 0.291 e. The summed E-state index contributed by atoms with van der Waals surface area (Å²) >= 11 is 0. The lowest BCUT2D eigenvalue weighted by atomic mass is 13.1. The fourth-order valence-electron chi connectivity index (χ4n) is 0. The average molecular weight is 160 g/mol. The molecule has 0 saturated carbocycles. The van der Waals surface area contributed by atoms with Crippen molar-refractivity contribution in [2.45, 2.75) is 0 Å². The summed E-state index contributed by atoms with van der Waals surface area (Å²) in [5, 5.41) is 27.3. The number of hydrogen-bond acceptors (Lipinski definition) is 4. The quantitative estimate of drug-likeness (QED) is 0.360. The molecule has 0 amide bonds. The van der Waals surface area contributed by atoms with Gasteiger partial charge in [0.2, 0.25) is 0 Å². The van der Waals surface area contributed by atoms with Crippen LogP contribution < -0.4 is 0 Å². The summed E-state index contributed by atoms with van der Waals surface area (Å²) in [6, 6.07) is 0. The molecule has 0 rings (SSSR count). The minimum atomic E-state index is -1.50. The lowest BCUT2D eigenvalue weighted by Crippen LogP contribution is -1.81. The van der Waals surface area contributed by atoms with E-state index < -0.39 is 10.2 Å². The molecule has 0 aliphatic rings. The van der Waals surface area contributed by atoms with Crippen molar-refractivity contribution >= 4 is 13.5 Å². The first-order valence-electron chi connectivity index (χ1n) is 1.13. The van der Waals surface area contributed by atoms with Crippen molar-refractivity contribution in [2.75, 3.05) is 0 Å². The summed E-state index contributed by atoms with van der Waals surface area (Å²) in [7, 11) is 0. The molecule has 0 radical (unpaired) electrons. The van der Waals surface area contributed by atoms with Crippen molar-refractivity contribution in [3.63, 3.8) is 0 Å². The van der Waals surface area contributed by atoms with Crippen LogP contribution in [0.1, 0.15) is 0 Å². The van der Waals surface area contributed by atoms with Crippen molar-refractivity contribution in [3.05, 3.63) is 20.2 Å². The highest BCUT2D eigenvalue weighted by atomic mass is 32.1. The van der Waals surface area contributed by atoms with E-state index in [1.165, 1.54) is 0 Å². The van der Waals surface area contributed by atoms with Gasteiger partial charge in [0.25, 0.3) is 10.2 Å². The third-order valence-electron chi connectivity index (χ3n) is 0. The predicted molar refractivity (Wildman–Crippen MR) is 27.9 cm³/mol. The van der Waals surface area contributed by atoms with Gasteiger partial charge in [-0.3, -0.25) is 0 Å². The summed E-state index contributed by atoms with van der Waals surface area (Å²) in [4.78, 5) is 16.7. The standard InChI is InChI=1S/2HNO3.H2S/c2*2-1(3)4;/h2*(H,2,3,4);1H2. The Morgan fingerprint density at radius 2 is 1.00 bits per heavy atom. The molecule has 0 unspecified atom stereocenters. The summed E-state index contributed by atoms with van der Waals surface area (Å²) < 4.78 is 0. The average Bonchev–Trinajstić information content (AvgIpc) is 1.25. The predicted octanol–water partition coefficient (Wildman–Crippen LogP) is -0.583. The Hall–Kier alpha value is -1.25. The fraction of sp³-hybridized carbons (Fsp3) is 0. The largest absolute Gasteiger partial charge is 0.328 e. The molecule has 0 aromatic heterocycles. The van der Waals surface area contributed by atoms with Gasteiger partial charge in [-0.15, -0.1) is 20.2 Å². The Morgan fingerprint density at radius 1 is 1.00 bits per heavy atom. The van der Waals surface area contributed by atoms with E-state index >= 15 is 0 Å². The molecule has 0 aliphatic carbocycles. The van der Waals surface area contributed by atoms with Crippen molar-refractivity contribution in [1.29, 1.82) is 0 Å². The molecule has 2 N–H and O–H groups in total. The molecule has 56 valence electrons. The highest BCUT2D eigenvalue weighted by Crippen LogP contribution is 1.38. The van der Waals surface area contributed by atoms with Crippen LogP contribution in [0, 0.1) is 20.2 Å². The third-order valence-corrected chi connectivity index (χ3v) is 0. The highest BCUT2D eigenvalue weighted by Gasteiger charge is 1.65. The van der Waals surface area contributed by atoms with Gasteiger partial charge in [0.15, 0.2) is 0 Å². The van der Waals surface area contributed by atoms with Gasteiger partial charge in [-0.1, -0.05) is 0 Å². The van der Waals surface area contributed by atoms with Crippen LogP contribution >= 0.6 is 13.5 Å². The van der Waals surface area contributed by atoms with Gasteiger partial charge < -0.3 is 10.4 Å². The molecule has 8 nitrogen and oxygen atoms in total. The molecule has 0 spiro atoms. The number of rotatable bonds is 0. The Morgan fingerprint density at radius 3 is 1.00 bits per heavy atom. The van der Waals surface area contributed by atoms with Crippen molar-refractivity contribution in [1.82, 2.24) is 0 Å². The minimum Gasteiger partial charge on any atom is -0.328 e. The molecule has 0 heterocycles. The van der Waals surface area contributed by atoms with Gasteiger partial charge in [-0.05, 0) is 0 Å². The maximum atomic E-state index is 8.36. The van der Waals surface area contributed by atoms with Crippen molar-refractivity contribution < 1.29 is 20.6 Å². The van der Waals surface area contributed by atoms with Gasteiger partial charge in [0, 0.05) is 0 Å². The summed E-state index contributed by atoms with van der Waals surface area (Å²) in [5.41, 5.74) is 0. The van der Waals surface area contributed by atoms with Crippen LogP contribution in [0.15, 0.2) is 0 Å². The van der Waals surface area contributed by atoms with Crippen LogP contribution in [0.25, 0.3) is 0 Å². The smallest absolute Gasteiger partial charge is 0.291 e. The van der Waals surface area contributed by atoms with Crippen LogP contribution in [0.3, 0.4) is 0 Å². The Labute approximate surface area is 55.4 Å². The first kappa shape index (κ1) is 15.7. The molecule has 9 heavy (non-hydrogen) atoms. The zero-order valence-corrected chi connectivity index (χ0v) is 4.92. The molecule has 0 saturated heterocycles. The zero-order chi connectivity index (χ0) is 7.15.